The molecule has 1 saturated heterocycles. The maximum atomic E-state index is 12.8. The van der Waals surface area contributed by atoms with Gasteiger partial charge in [-0.2, -0.15) is 0 Å². The molecule has 8 heteroatoms. The minimum absolute atomic E-state index is 0.0555. The molecule has 1 unspecified atom stereocenters. The number of carbonyl (C=O) groups excluding carboxylic acids is 2. The van der Waals surface area contributed by atoms with Gasteiger partial charge in [-0.05, 0) is 24.1 Å². The molecule has 8 nitrogen and oxygen atoms in total. The van der Waals surface area contributed by atoms with Gasteiger partial charge in [0.05, 0.1) is 32.8 Å². The number of urea groups is 1. The number of hydrogen-bond acceptors (Lipinski definition) is 5. The molecule has 0 saturated carbocycles. The molecule has 188 valence electrons. The summed E-state index contributed by atoms with van der Waals surface area (Å²) in [6.07, 6.45) is 0.292. The highest BCUT2D eigenvalue weighted by Gasteiger charge is 2.64. The summed E-state index contributed by atoms with van der Waals surface area (Å²) in [4.78, 5) is 27.0. The van der Waals surface area contributed by atoms with E-state index in [0.717, 1.165) is 16.7 Å². The van der Waals surface area contributed by atoms with Crippen LogP contribution in [0, 0.1) is 5.41 Å². The van der Waals surface area contributed by atoms with Gasteiger partial charge in [0, 0.05) is 36.2 Å². The van der Waals surface area contributed by atoms with Crippen LogP contribution in [0.4, 0.5) is 4.79 Å². The molecule has 1 aliphatic carbocycles. The van der Waals surface area contributed by atoms with Crippen LogP contribution in [0.1, 0.15) is 38.3 Å². The second-order valence-electron chi connectivity index (χ2n) is 9.66. The summed E-state index contributed by atoms with van der Waals surface area (Å²) in [5.74, 6) is 0.201. The molecule has 2 aliphatic rings. The number of nitrogens with one attached hydrogen (secondary N) is 2. The summed E-state index contributed by atoms with van der Waals surface area (Å²) in [6.45, 7) is 9.30. The number of benzene rings is 2. The first-order chi connectivity index (χ1) is 16.8. The molecule has 1 aliphatic heterocycles. The number of amides is 3. The Kier molecular flexibility index (Phi) is 7.33. The number of fused-ring (bicyclic) bond motifs is 1. The third-order valence-corrected chi connectivity index (χ3v) is 6.90. The van der Waals surface area contributed by atoms with Crippen molar-refractivity contribution < 1.29 is 24.2 Å². The van der Waals surface area contributed by atoms with Crippen molar-refractivity contribution in [3.63, 3.8) is 0 Å². The summed E-state index contributed by atoms with van der Waals surface area (Å²) in [6, 6.07) is 13.2. The summed E-state index contributed by atoms with van der Waals surface area (Å²) < 4.78 is 11.3. The van der Waals surface area contributed by atoms with E-state index in [1.165, 1.54) is 0 Å². The lowest BCUT2D eigenvalue weighted by atomic mass is 9.79. The van der Waals surface area contributed by atoms with E-state index in [0.29, 0.717) is 44.8 Å². The van der Waals surface area contributed by atoms with Crippen molar-refractivity contribution in [2.45, 2.75) is 32.7 Å². The summed E-state index contributed by atoms with van der Waals surface area (Å²) in [7, 11) is 0. The van der Waals surface area contributed by atoms with E-state index < -0.39 is 11.0 Å². The molecule has 0 aromatic heterocycles. The molecule has 1 heterocycles. The van der Waals surface area contributed by atoms with Crippen LogP contribution >= 0.6 is 0 Å². The van der Waals surface area contributed by atoms with E-state index in [4.69, 9.17) is 9.47 Å². The molecule has 4 rings (SSSR count). The number of morpholine rings is 1. The minimum Gasteiger partial charge on any atom is -0.508 e. The Labute approximate surface area is 206 Å². The third kappa shape index (κ3) is 4.86. The van der Waals surface area contributed by atoms with Crippen LogP contribution in [0.3, 0.4) is 0 Å². The second kappa shape index (κ2) is 10.3. The van der Waals surface area contributed by atoms with Crippen molar-refractivity contribution in [1.29, 1.82) is 0 Å². The van der Waals surface area contributed by atoms with Gasteiger partial charge in [0.1, 0.15) is 11.3 Å². The zero-order chi connectivity index (χ0) is 25.1. The molecule has 2 aromatic carbocycles. The maximum Gasteiger partial charge on any atom is 0.315 e. The van der Waals surface area contributed by atoms with Crippen LogP contribution in [0.5, 0.6) is 5.75 Å². The average Bonchev–Trinajstić information content (AvgIpc) is 3.54. The van der Waals surface area contributed by atoms with Gasteiger partial charge in [-0.1, -0.05) is 50.2 Å². The Hall–Kier alpha value is -3.10. The molecule has 3 N–H and O–H groups in total. The van der Waals surface area contributed by atoms with Gasteiger partial charge in [-0.15, -0.1) is 0 Å². The van der Waals surface area contributed by atoms with Gasteiger partial charge in [0.15, 0.2) is 0 Å². The fraction of sp³-hybridized carbons (Fsp3) is 0.481. The molecule has 2 aromatic rings. The number of rotatable bonds is 9. The van der Waals surface area contributed by atoms with E-state index in [1.54, 1.807) is 11.0 Å². The van der Waals surface area contributed by atoms with E-state index in [9.17, 15) is 14.7 Å². The highest BCUT2D eigenvalue weighted by Crippen LogP contribution is 2.64. The van der Waals surface area contributed by atoms with Crippen LogP contribution in [-0.2, 0) is 19.8 Å². The van der Waals surface area contributed by atoms with Gasteiger partial charge >= 0.3 is 6.03 Å². The van der Waals surface area contributed by atoms with Gasteiger partial charge in [-0.3, -0.25) is 4.79 Å². The number of aromatic hydroxyl groups is 1. The zero-order valence-corrected chi connectivity index (χ0v) is 20.7. The summed E-state index contributed by atoms with van der Waals surface area (Å²) in [5, 5.41) is 16.8. The van der Waals surface area contributed by atoms with Crippen LogP contribution < -0.4 is 10.6 Å². The summed E-state index contributed by atoms with van der Waals surface area (Å²) >= 11 is 0. The molecule has 0 radical (unpaired) electrons. The largest absolute Gasteiger partial charge is 0.508 e. The number of nitrogens with zero attached hydrogens (tertiary/aromatic N) is 1. The Morgan fingerprint density at radius 3 is 2.51 bits per heavy atom. The maximum absolute atomic E-state index is 12.8. The number of ether oxygens (including phenoxy) is 2. The fourth-order valence-electron chi connectivity index (χ4n) is 5.04. The average molecular weight is 482 g/mol. The highest BCUT2D eigenvalue weighted by atomic mass is 16.5. The summed E-state index contributed by atoms with van der Waals surface area (Å²) in [5.41, 5.74) is 2.07. The zero-order valence-electron chi connectivity index (χ0n) is 20.7. The second-order valence-corrected chi connectivity index (χ2v) is 9.66. The molecule has 1 atom stereocenters. The van der Waals surface area contributed by atoms with Crippen molar-refractivity contribution in [3.8, 4) is 16.9 Å². The predicted molar refractivity (Wildman–Crippen MR) is 133 cm³/mol. The molecule has 35 heavy (non-hydrogen) atoms. The smallest absolute Gasteiger partial charge is 0.315 e. The lowest BCUT2D eigenvalue weighted by molar-refractivity contribution is -0.136. The standard InChI is InChI=1S/C27H35N3O5/c1-4-28-25(33)29-27(23-20(10-11-21(31)24(23)27)19-8-6-5-7-9-19)26(2,3)18-35-15-12-22(32)30-13-16-34-17-14-30/h5-11,31H,4,12-18H2,1-3H3,(H2,28,29,33). The molecular weight excluding hydrogens is 446 g/mol. The number of hydrogen-bond donors (Lipinski definition) is 3. The van der Waals surface area contributed by atoms with E-state index in [-0.39, 0.29) is 30.9 Å². The fourth-order valence-corrected chi connectivity index (χ4v) is 5.04. The molecule has 0 bridgehead atoms. The van der Waals surface area contributed by atoms with E-state index in [1.807, 2.05) is 57.2 Å². The third-order valence-electron chi connectivity index (χ3n) is 6.90. The monoisotopic (exact) mass is 481 g/mol. The first-order valence-corrected chi connectivity index (χ1v) is 12.2. The topological polar surface area (TPSA) is 100 Å². The SMILES string of the molecule is CCNC(=O)NC1(C(C)(C)COCCC(=O)N2CCOCC2)c2c(O)ccc(-c3ccccc3)c21. The van der Waals surface area contributed by atoms with Crippen molar-refractivity contribution in [2.24, 2.45) is 5.41 Å². The number of carbonyl (C=O) groups is 2. The predicted octanol–water partition coefficient (Wildman–Crippen LogP) is 3.23. The van der Waals surface area contributed by atoms with Crippen molar-refractivity contribution in [3.05, 3.63) is 53.6 Å². The van der Waals surface area contributed by atoms with E-state index >= 15 is 0 Å². The van der Waals surface area contributed by atoms with Crippen LogP contribution in [0.15, 0.2) is 42.5 Å². The lowest BCUT2D eigenvalue weighted by Gasteiger charge is -2.36. The minimum atomic E-state index is -0.904. The van der Waals surface area contributed by atoms with Crippen molar-refractivity contribution >= 4 is 11.9 Å². The number of phenolic OH excluding ortho intramolecular Hbond substituents is 1. The Balaban J connectivity index is 1.54. The van der Waals surface area contributed by atoms with Gasteiger partial charge in [0.2, 0.25) is 5.91 Å². The first-order valence-electron chi connectivity index (χ1n) is 12.2. The van der Waals surface area contributed by atoms with E-state index in [2.05, 4.69) is 10.6 Å². The highest BCUT2D eigenvalue weighted by molar-refractivity contribution is 5.87. The van der Waals surface area contributed by atoms with Gasteiger partial charge in [-0.25, -0.2) is 4.79 Å². The molecule has 0 spiro atoms. The van der Waals surface area contributed by atoms with Crippen LogP contribution in [0.2, 0.25) is 0 Å². The van der Waals surface area contributed by atoms with Crippen molar-refractivity contribution in [1.82, 2.24) is 15.5 Å². The Bertz CT molecular complexity index is 1070. The van der Waals surface area contributed by atoms with Crippen LogP contribution in [-0.4, -0.2) is 68.0 Å². The first kappa shape index (κ1) is 25.0. The van der Waals surface area contributed by atoms with Crippen molar-refractivity contribution in [2.75, 3.05) is 46.1 Å². The quantitative estimate of drug-likeness (QED) is 0.478. The van der Waals surface area contributed by atoms with Gasteiger partial charge in [0.25, 0.3) is 0 Å². The number of phenols is 1. The molecular formula is C27H35N3O5. The Morgan fingerprint density at radius 1 is 1.11 bits per heavy atom. The van der Waals surface area contributed by atoms with Gasteiger partial charge < -0.3 is 30.1 Å². The molecule has 3 amide bonds. The normalized spacial score (nSPS) is 19.1. The van der Waals surface area contributed by atoms with Crippen LogP contribution in [0.25, 0.3) is 11.1 Å². The lowest BCUT2D eigenvalue weighted by Crippen LogP contribution is -2.52. The Morgan fingerprint density at radius 2 is 1.83 bits per heavy atom. The molecule has 1 fully saturated rings.